The van der Waals surface area contributed by atoms with Crippen molar-refractivity contribution in [2.24, 2.45) is 0 Å². The zero-order valence-electron chi connectivity index (χ0n) is 12.6. The molecule has 0 bridgehead atoms. The van der Waals surface area contributed by atoms with Gasteiger partial charge in [-0.05, 0) is 33.1 Å². The predicted octanol–water partition coefficient (Wildman–Crippen LogP) is 2.67. The van der Waals surface area contributed by atoms with Crippen molar-refractivity contribution in [1.82, 2.24) is 9.66 Å². The molecule has 0 amide bonds. The maximum absolute atomic E-state index is 13.8. The Hall–Kier alpha value is -1.98. The van der Waals surface area contributed by atoms with E-state index < -0.39 is 5.82 Å². The van der Waals surface area contributed by atoms with Crippen LogP contribution in [-0.2, 0) is 0 Å². The van der Waals surface area contributed by atoms with Gasteiger partial charge in [-0.15, -0.1) is 0 Å². The van der Waals surface area contributed by atoms with E-state index >= 15 is 0 Å². The van der Waals surface area contributed by atoms with Crippen molar-refractivity contribution in [2.45, 2.75) is 45.2 Å². The molecule has 0 radical (unpaired) electrons. The first-order valence-corrected chi connectivity index (χ1v) is 7.33. The zero-order valence-corrected chi connectivity index (χ0v) is 12.6. The smallest absolute Gasteiger partial charge is 0.220 e. The number of anilines is 1. The molecule has 1 fully saturated rings. The normalized spacial score (nSPS) is 22.8. The average Bonchev–Trinajstić information content (AvgIpc) is 2.73. The van der Waals surface area contributed by atoms with Crippen LogP contribution >= 0.6 is 0 Å². The summed E-state index contributed by atoms with van der Waals surface area (Å²) in [6.45, 7) is 4.36. The van der Waals surface area contributed by atoms with E-state index in [2.05, 4.69) is 23.8 Å². The largest absolute Gasteiger partial charge is 0.494 e. The highest BCUT2D eigenvalue weighted by Gasteiger charge is 2.28. The topological polar surface area (TPSA) is 56.3 Å². The van der Waals surface area contributed by atoms with Crippen LogP contribution in [0.1, 0.15) is 33.1 Å². The van der Waals surface area contributed by atoms with Gasteiger partial charge in [-0.3, -0.25) is 0 Å². The van der Waals surface area contributed by atoms with Gasteiger partial charge < -0.3 is 15.5 Å². The minimum absolute atomic E-state index is 0.209. The average molecular weight is 292 g/mol. The number of aromatic nitrogens is 2. The summed E-state index contributed by atoms with van der Waals surface area (Å²) in [6, 6.07) is 3.77. The van der Waals surface area contributed by atoms with Gasteiger partial charge in [0.2, 0.25) is 5.95 Å². The third-order valence-electron chi connectivity index (χ3n) is 4.31. The molecule has 1 aromatic carbocycles. The maximum Gasteiger partial charge on any atom is 0.220 e. The third-order valence-corrected chi connectivity index (χ3v) is 4.31. The lowest BCUT2D eigenvalue weighted by Crippen LogP contribution is -2.51. The number of ether oxygens (including phenoxy) is 1. The van der Waals surface area contributed by atoms with E-state index in [1.807, 2.05) is 4.68 Å². The second-order valence-corrected chi connectivity index (χ2v) is 5.77. The molecule has 0 spiro atoms. The summed E-state index contributed by atoms with van der Waals surface area (Å²) in [5, 5.41) is 2.24. The number of fused-ring (bicyclic) bond motifs is 1. The summed E-state index contributed by atoms with van der Waals surface area (Å²) in [5.41, 5.74) is 7.43. The second-order valence-electron chi connectivity index (χ2n) is 5.77. The minimum Gasteiger partial charge on any atom is -0.494 e. The summed E-state index contributed by atoms with van der Waals surface area (Å²) in [7, 11) is 1.46. The first kappa shape index (κ1) is 14.0. The number of piperidine rings is 1. The Kier molecular flexibility index (Phi) is 3.39. The van der Waals surface area contributed by atoms with Crippen LogP contribution in [0.25, 0.3) is 11.0 Å². The molecule has 1 aromatic heterocycles. The molecule has 2 N–H and O–H groups in total. The number of nitrogens with two attached hydrogens (primary N) is 1. The number of imidazole rings is 1. The Labute approximate surface area is 123 Å². The Morgan fingerprint density at radius 1 is 1.29 bits per heavy atom. The molecule has 0 aliphatic carbocycles. The summed E-state index contributed by atoms with van der Waals surface area (Å²) in [6.07, 6.45) is 3.44. The van der Waals surface area contributed by atoms with Crippen molar-refractivity contribution in [1.29, 1.82) is 0 Å². The van der Waals surface area contributed by atoms with Gasteiger partial charge in [0.1, 0.15) is 0 Å². The monoisotopic (exact) mass is 292 g/mol. The third kappa shape index (κ3) is 2.18. The lowest BCUT2D eigenvalue weighted by atomic mass is 10.00. The number of rotatable bonds is 2. The summed E-state index contributed by atoms with van der Waals surface area (Å²) < 4.78 is 20.8. The zero-order chi connectivity index (χ0) is 15.1. The van der Waals surface area contributed by atoms with Crippen LogP contribution in [0.2, 0.25) is 0 Å². The highest BCUT2D eigenvalue weighted by molar-refractivity contribution is 5.80. The van der Waals surface area contributed by atoms with Crippen LogP contribution in [0, 0.1) is 5.82 Å². The van der Waals surface area contributed by atoms with Crippen molar-refractivity contribution >= 4 is 17.0 Å². The van der Waals surface area contributed by atoms with E-state index in [0.29, 0.717) is 23.5 Å². The molecule has 1 aliphatic heterocycles. The molecule has 3 rings (SSSR count). The summed E-state index contributed by atoms with van der Waals surface area (Å²) >= 11 is 0. The van der Waals surface area contributed by atoms with Gasteiger partial charge in [0.25, 0.3) is 0 Å². The Balaban J connectivity index is 2.19. The molecule has 2 atom stereocenters. The maximum atomic E-state index is 13.8. The van der Waals surface area contributed by atoms with Crippen LogP contribution in [0.3, 0.4) is 0 Å². The van der Waals surface area contributed by atoms with Crippen LogP contribution in [0.5, 0.6) is 5.75 Å². The van der Waals surface area contributed by atoms with Crippen molar-refractivity contribution in [3.8, 4) is 5.75 Å². The molecule has 0 saturated carbocycles. The van der Waals surface area contributed by atoms with Gasteiger partial charge in [-0.2, -0.15) is 0 Å². The lowest BCUT2D eigenvalue weighted by molar-refractivity contribution is 0.343. The van der Waals surface area contributed by atoms with Gasteiger partial charge in [-0.25, -0.2) is 14.1 Å². The first-order valence-electron chi connectivity index (χ1n) is 7.33. The van der Waals surface area contributed by atoms with E-state index in [9.17, 15) is 4.39 Å². The van der Waals surface area contributed by atoms with Crippen LogP contribution in [0.15, 0.2) is 12.1 Å². The Bertz CT molecular complexity index is 659. The number of nitrogen functional groups attached to an aromatic ring is 1. The molecule has 1 saturated heterocycles. The minimum atomic E-state index is -0.422. The second kappa shape index (κ2) is 5.09. The molecule has 114 valence electrons. The molecule has 1 aliphatic rings. The molecule has 2 aromatic rings. The van der Waals surface area contributed by atoms with E-state index in [1.165, 1.54) is 19.6 Å². The highest BCUT2D eigenvalue weighted by atomic mass is 19.1. The summed E-state index contributed by atoms with van der Waals surface area (Å²) in [5.74, 6) is 0.175. The number of nitrogens with zero attached hydrogens (tertiary/aromatic N) is 3. The first-order chi connectivity index (χ1) is 10.0. The van der Waals surface area contributed by atoms with Gasteiger partial charge >= 0.3 is 0 Å². The van der Waals surface area contributed by atoms with Crippen molar-refractivity contribution < 1.29 is 9.13 Å². The van der Waals surface area contributed by atoms with Crippen LogP contribution < -0.4 is 15.5 Å². The van der Waals surface area contributed by atoms with E-state index in [1.54, 1.807) is 6.07 Å². The molecule has 5 nitrogen and oxygen atoms in total. The van der Waals surface area contributed by atoms with Gasteiger partial charge in [0, 0.05) is 24.2 Å². The SMILES string of the molecule is COc1cc2c(cc1F)nc(N)n2N1C(C)CCCC1C. The van der Waals surface area contributed by atoms with Crippen LogP contribution in [0.4, 0.5) is 10.3 Å². The standard InChI is InChI=1S/C15H21FN4O/c1-9-5-4-6-10(2)19(9)20-13-8-14(21-3)11(16)7-12(13)18-15(20)17/h7-10H,4-6H2,1-3H3,(H2,17,18). The number of hydrogen-bond donors (Lipinski definition) is 1. The van der Waals surface area contributed by atoms with Crippen molar-refractivity contribution in [2.75, 3.05) is 17.9 Å². The molecule has 21 heavy (non-hydrogen) atoms. The lowest BCUT2D eigenvalue weighted by Gasteiger charge is -2.41. The van der Waals surface area contributed by atoms with Gasteiger partial charge in [0.05, 0.1) is 18.1 Å². The number of benzene rings is 1. The van der Waals surface area contributed by atoms with Crippen molar-refractivity contribution in [3.63, 3.8) is 0 Å². The molecular weight excluding hydrogens is 271 g/mol. The number of hydrogen-bond acceptors (Lipinski definition) is 4. The predicted molar refractivity (Wildman–Crippen MR) is 81.6 cm³/mol. The quantitative estimate of drug-likeness (QED) is 0.924. The van der Waals surface area contributed by atoms with E-state index in [0.717, 1.165) is 18.4 Å². The van der Waals surface area contributed by atoms with Crippen molar-refractivity contribution in [3.05, 3.63) is 17.9 Å². The van der Waals surface area contributed by atoms with E-state index in [4.69, 9.17) is 10.5 Å². The van der Waals surface area contributed by atoms with Gasteiger partial charge in [-0.1, -0.05) is 0 Å². The summed E-state index contributed by atoms with van der Waals surface area (Å²) in [4.78, 5) is 4.30. The molecular formula is C15H21FN4O. The fourth-order valence-electron chi connectivity index (χ4n) is 3.29. The van der Waals surface area contributed by atoms with Gasteiger partial charge in [0.15, 0.2) is 11.6 Å². The van der Waals surface area contributed by atoms with Crippen LogP contribution in [-0.4, -0.2) is 28.9 Å². The Morgan fingerprint density at radius 3 is 2.57 bits per heavy atom. The molecule has 2 heterocycles. The molecule has 2 unspecified atom stereocenters. The number of halogens is 1. The number of methoxy groups -OCH3 is 1. The van der Waals surface area contributed by atoms with E-state index in [-0.39, 0.29) is 5.75 Å². The fourth-order valence-corrected chi connectivity index (χ4v) is 3.29. The molecule has 6 heteroatoms. The highest BCUT2D eigenvalue weighted by Crippen LogP contribution is 2.30. The Morgan fingerprint density at radius 2 is 1.95 bits per heavy atom. The fraction of sp³-hybridized carbons (Fsp3) is 0.533.